The number of aldehydes is 1. The molecule has 27 heavy (non-hydrogen) atoms. The molecule has 1 saturated heterocycles. The molecule has 0 spiro atoms. The molecule has 0 saturated carbocycles. The molecule has 1 amide bonds. The van der Waals surface area contributed by atoms with Gasteiger partial charge in [0.25, 0.3) is 0 Å². The molecule has 0 aliphatic carbocycles. The van der Waals surface area contributed by atoms with E-state index in [9.17, 15) is 24.9 Å². The highest BCUT2D eigenvalue weighted by atomic mass is 16.6. The molecule has 10 N–H and O–H groups in total. The zero-order chi connectivity index (χ0) is 21.3. The lowest BCUT2D eigenvalue weighted by Crippen LogP contribution is -2.63. The third kappa shape index (κ3) is 7.71. The van der Waals surface area contributed by atoms with Crippen molar-refractivity contribution in [3.8, 4) is 0 Å². The summed E-state index contributed by atoms with van der Waals surface area (Å²) in [5, 5.41) is 82.9. The minimum Gasteiger partial charge on any atom is -0.394 e. The van der Waals surface area contributed by atoms with E-state index >= 15 is 0 Å². The van der Waals surface area contributed by atoms with E-state index in [4.69, 9.17) is 35.4 Å². The van der Waals surface area contributed by atoms with Crippen molar-refractivity contribution >= 4 is 12.2 Å². The molecule has 160 valence electrons. The van der Waals surface area contributed by atoms with E-state index < -0.39 is 74.2 Å². The van der Waals surface area contributed by atoms with Crippen molar-refractivity contribution in [3.63, 3.8) is 0 Å². The van der Waals surface area contributed by atoms with E-state index in [0.29, 0.717) is 0 Å². The second kappa shape index (κ2) is 12.2. The molecule has 1 fully saturated rings. The van der Waals surface area contributed by atoms with Crippen LogP contribution in [0.3, 0.4) is 0 Å². The van der Waals surface area contributed by atoms with Crippen LogP contribution in [0.1, 0.15) is 6.92 Å². The van der Waals surface area contributed by atoms with Crippen LogP contribution in [-0.2, 0) is 14.3 Å². The summed E-state index contributed by atoms with van der Waals surface area (Å²) < 4.78 is 4.81. The number of carbonyl (C=O) groups is 2. The van der Waals surface area contributed by atoms with Crippen LogP contribution in [0.15, 0.2) is 0 Å². The normalized spacial score (nSPS) is 32.3. The molecule has 1 heterocycles. The summed E-state index contributed by atoms with van der Waals surface area (Å²) in [6, 6.07) is -1.10. The molecule has 1 aliphatic rings. The predicted octanol–water partition coefficient (Wildman–Crippen LogP) is -6.46. The van der Waals surface area contributed by atoms with Crippen molar-refractivity contribution in [1.29, 1.82) is 0 Å². The van der Waals surface area contributed by atoms with Crippen LogP contribution in [0.2, 0.25) is 0 Å². The molecule has 0 bridgehead atoms. The Morgan fingerprint density at radius 3 is 2.04 bits per heavy atom. The first-order valence-corrected chi connectivity index (χ1v) is 7.87. The van der Waals surface area contributed by atoms with Crippen molar-refractivity contribution in [2.45, 2.75) is 62.0 Å². The van der Waals surface area contributed by atoms with Gasteiger partial charge in [-0.3, -0.25) is 4.79 Å². The third-order valence-electron chi connectivity index (χ3n) is 3.69. The van der Waals surface area contributed by atoms with Crippen LogP contribution in [0.5, 0.6) is 0 Å². The standard InChI is InChI=1S/C8H15NO6.C6H12O6/c1-3(11)9-5-7(13)6(12)4(2-10)15-8(5)14;7-1-3(9)5(11)6(12)4(10)2-8/h4-8,10,12-14H,2H2,1H3,(H,9,11);1,3-6,8-12H,2H2/t4-,5-,6-,7-,8?;3-,4+,5+,6-/m10/s1. The van der Waals surface area contributed by atoms with Gasteiger partial charge in [-0.15, -0.1) is 0 Å². The SMILES string of the molecule is CC(=O)N[C@H]1C(O)O[C@H](CO)[C@@H](O)[C@@H]1O.O=C[C@H](O)[C@@H](O)[C@@H](O)[C@H](O)CO. The number of hydrogen-bond acceptors (Lipinski definition) is 12. The number of aliphatic hydroxyl groups excluding tert-OH is 9. The van der Waals surface area contributed by atoms with E-state index in [1.54, 1.807) is 0 Å². The molecule has 13 heteroatoms. The first-order valence-electron chi connectivity index (χ1n) is 7.87. The Labute approximate surface area is 154 Å². The second-order valence-electron chi connectivity index (χ2n) is 5.81. The smallest absolute Gasteiger partial charge is 0.217 e. The number of hydrogen-bond donors (Lipinski definition) is 10. The van der Waals surface area contributed by atoms with E-state index in [0.717, 1.165) is 0 Å². The Hall–Kier alpha value is -1.26. The largest absolute Gasteiger partial charge is 0.394 e. The molecule has 1 unspecified atom stereocenters. The fourth-order valence-electron chi connectivity index (χ4n) is 2.11. The highest BCUT2D eigenvalue weighted by Gasteiger charge is 2.43. The summed E-state index contributed by atoms with van der Waals surface area (Å²) in [7, 11) is 0. The Balaban J connectivity index is 0.000000516. The van der Waals surface area contributed by atoms with E-state index in [1.165, 1.54) is 6.92 Å². The molecular weight excluding hydrogens is 374 g/mol. The Kier molecular flexibility index (Phi) is 11.7. The molecule has 0 radical (unpaired) electrons. The predicted molar refractivity (Wildman–Crippen MR) is 84.8 cm³/mol. The Morgan fingerprint density at radius 2 is 1.63 bits per heavy atom. The van der Waals surface area contributed by atoms with Gasteiger partial charge in [0.15, 0.2) is 12.6 Å². The number of ether oxygens (including phenoxy) is 1. The van der Waals surface area contributed by atoms with Gasteiger partial charge in [-0.2, -0.15) is 0 Å². The summed E-state index contributed by atoms with van der Waals surface area (Å²) in [6.07, 6.45) is -12.1. The van der Waals surface area contributed by atoms with Crippen LogP contribution in [-0.4, -0.2) is 126 Å². The van der Waals surface area contributed by atoms with Gasteiger partial charge in [0.1, 0.15) is 48.8 Å². The number of nitrogens with one attached hydrogen (secondary N) is 1. The molecule has 0 aromatic heterocycles. The summed E-state index contributed by atoms with van der Waals surface area (Å²) in [5.74, 6) is -0.462. The Bertz CT molecular complexity index is 452. The summed E-state index contributed by atoms with van der Waals surface area (Å²) in [6.45, 7) is -0.0736. The van der Waals surface area contributed by atoms with E-state index in [2.05, 4.69) is 5.32 Å². The lowest BCUT2D eigenvalue weighted by atomic mass is 9.97. The average molecular weight is 401 g/mol. The van der Waals surface area contributed by atoms with Crippen molar-refractivity contribution in [2.24, 2.45) is 0 Å². The number of rotatable bonds is 7. The lowest BCUT2D eigenvalue weighted by Gasteiger charge is -2.40. The van der Waals surface area contributed by atoms with Crippen molar-refractivity contribution in [3.05, 3.63) is 0 Å². The fourth-order valence-corrected chi connectivity index (χ4v) is 2.11. The third-order valence-corrected chi connectivity index (χ3v) is 3.69. The van der Waals surface area contributed by atoms with Crippen LogP contribution < -0.4 is 5.32 Å². The van der Waals surface area contributed by atoms with Gasteiger partial charge in [-0.1, -0.05) is 0 Å². The van der Waals surface area contributed by atoms with Gasteiger partial charge in [0.2, 0.25) is 5.91 Å². The summed E-state index contributed by atoms with van der Waals surface area (Å²) in [4.78, 5) is 20.6. The fraction of sp³-hybridized carbons (Fsp3) is 0.857. The van der Waals surface area contributed by atoms with Gasteiger partial charge in [-0.05, 0) is 0 Å². The van der Waals surface area contributed by atoms with Crippen LogP contribution in [0.4, 0.5) is 0 Å². The van der Waals surface area contributed by atoms with Crippen molar-refractivity contribution < 1.29 is 60.3 Å². The van der Waals surface area contributed by atoms with Crippen molar-refractivity contribution in [2.75, 3.05) is 13.2 Å². The van der Waals surface area contributed by atoms with Crippen LogP contribution in [0, 0.1) is 0 Å². The molecule has 0 aromatic carbocycles. The maximum absolute atomic E-state index is 10.7. The second-order valence-corrected chi connectivity index (χ2v) is 5.81. The molecule has 0 aromatic rings. The average Bonchev–Trinajstić information content (AvgIpc) is 2.65. The molecule has 13 nitrogen and oxygen atoms in total. The first-order chi connectivity index (χ1) is 12.5. The molecule has 1 aliphatic heterocycles. The molecule has 9 atom stereocenters. The molecular formula is C14H27NO12. The number of aliphatic hydroxyl groups is 9. The maximum Gasteiger partial charge on any atom is 0.217 e. The van der Waals surface area contributed by atoms with Crippen LogP contribution >= 0.6 is 0 Å². The van der Waals surface area contributed by atoms with Gasteiger partial charge in [0, 0.05) is 6.92 Å². The quantitative estimate of drug-likeness (QED) is 0.179. The number of carbonyl (C=O) groups excluding carboxylic acids is 2. The highest BCUT2D eigenvalue weighted by molar-refractivity contribution is 5.73. The van der Waals surface area contributed by atoms with E-state index in [1.807, 2.05) is 0 Å². The summed E-state index contributed by atoms with van der Waals surface area (Å²) >= 11 is 0. The highest BCUT2D eigenvalue weighted by Crippen LogP contribution is 2.19. The van der Waals surface area contributed by atoms with Gasteiger partial charge < -0.3 is 60.8 Å². The zero-order valence-electron chi connectivity index (χ0n) is 14.4. The minimum atomic E-state index is -1.79. The summed E-state index contributed by atoms with van der Waals surface area (Å²) in [5.41, 5.74) is 0. The minimum absolute atomic E-state index is 0.0258. The lowest BCUT2D eigenvalue weighted by molar-refractivity contribution is -0.253. The molecule has 1 rings (SSSR count). The van der Waals surface area contributed by atoms with E-state index in [-0.39, 0.29) is 6.29 Å². The topological polar surface area (TPSA) is 237 Å². The first kappa shape index (κ1) is 25.7. The monoisotopic (exact) mass is 401 g/mol. The Morgan fingerprint density at radius 1 is 1.07 bits per heavy atom. The van der Waals surface area contributed by atoms with Gasteiger partial charge in [0.05, 0.1) is 13.2 Å². The maximum atomic E-state index is 10.7. The van der Waals surface area contributed by atoms with Crippen LogP contribution in [0.25, 0.3) is 0 Å². The van der Waals surface area contributed by atoms with Gasteiger partial charge >= 0.3 is 0 Å². The number of amides is 1. The van der Waals surface area contributed by atoms with Crippen molar-refractivity contribution in [1.82, 2.24) is 5.32 Å². The van der Waals surface area contributed by atoms with Gasteiger partial charge in [-0.25, -0.2) is 0 Å². The zero-order valence-corrected chi connectivity index (χ0v) is 14.4.